The van der Waals surface area contributed by atoms with Crippen LogP contribution < -0.4 is 10.1 Å². The van der Waals surface area contributed by atoms with Crippen LogP contribution in [0.15, 0.2) is 30.5 Å². The Morgan fingerprint density at radius 3 is 2.94 bits per heavy atom. The Balaban J connectivity index is 2.30. The number of ether oxygens (including phenoxy) is 1. The van der Waals surface area contributed by atoms with Crippen LogP contribution in [0, 0.1) is 5.82 Å². The molecule has 0 bridgehead atoms. The van der Waals surface area contributed by atoms with Crippen LogP contribution in [-0.2, 0) is 0 Å². The molecule has 0 saturated heterocycles. The second-order valence-corrected chi connectivity index (χ2v) is 3.73. The Kier molecular flexibility index (Phi) is 3.94. The molecule has 0 aliphatic rings. The maximum Gasteiger partial charge on any atom is 0.224 e. The van der Waals surface area contributed by atoms with Gasteiger partial charge in [-0.3, -0.25) is 0 Å². The zero-order valence-electron chi connectivity index (χ0n) is 9.65. The summed E-state index contributed by atoms with van der Waals surface area (Å²) in [5, 5.41) is 2.81. The van der Waals surface area contributed by atoms with Crippen molar-refractivity contribution in [1.82, 2.24) is 9.97 Å². The molecule has 0 unspecified atom stereocenters. The number of halogens is 2. The zero-order valence-corrected chi connectivity index (χ0v) is 10.4. The summed E-state index contributed by atoms with van der Waals surface area (Å²) < 4.78 is 18.9. The highest BCUT2D eigenvalue weighted by Crippen LogP contribution is 2.27. The van der Waals surface area contributed by atoms with Crippen LogP contribution in [0.3, 0.4) is 0 Å². The predicted molar refractivity (Wildman–Crippen MR) is 67.9 cm³/mol. The first-order valence-corrected chi connectivity index (χ1v) is 5.75. The van der Waals surface area contributed by atoms with Crippen molar-refractivity contribution in [2.45, 2.75) is 6.92 Å². The van der Waals surface area contributed by atoms with E-state index in [4.69, 9.17) is 16.3 Å². The normalized spacial score (nSPS) is 10.2. The number of para-hydroxylation sites is 2. The fourth-order valence-corrected chi connectivity index (χ4v) is 1.55. The van der Waals surface area contributed by atoms with Crippen molar-refractivity contribution in [1.29, 1.82) is 0 Å². The third kappa shape index (κ3) is 2.87. The minimum Gasteiger partial charge on any atom is -0.492 e. The number of benzene rings is 1. The lowest BCUT2D eigenvalue weighted by atomic mass is 10.3. The number of nitrogens with zero attached hydrogens (tertiary/aromatic N) is 2. The summed E-state index contributed by atoms with van der Waals surface area (Å²) in [6.45, 7) is 2.39. The third-order valence-corrected chi connectivity index (χ3v) is 2.34. The topological polar surface area (TPSA) is 47.0 Å². The summed E-state index contributed by atoms with van der Waals surface area (Å²) in [4.78, 5) is 7.33. The number of hydrogen-bond acceptors (Lipinski definition) is 4. The third-order valence-electron chi connectivity index (χ3n) is 2.15. The molecule has 0 aliphatic heterocycles. The molecule has 0 radical (unpaired) electrons. The number of nitrogens with one attached hydrogen (secondary N) is 1. The van der Waals surface area contributed by atoms with Gasteiger partial charge >= 0.3 is 0 Å². The predicted octanol–water partition coefficient (Wildman–Crippen LogP) is 3.41. The fraction of sp³-hybridized carbons (Fsp3) is 0.167. The van der Waals surface area contributed by atoms with E-state index >= 15 is 0 Å². The molecule has 4 nitrogen and oxygen atoms in total. The van der Waals surface area contributed by atoms with Crippen molar-refractivity contribution in [2.75, 3.05) is 11.9 Å². The number of anilines is 2. The van der Waals surface area contributed by atoms with Crippen molar-refractivity contribution >= 4 is 23.1 Å². The molecular weight excluding hydrogens is 257 g/mol. The summed E-state index contributed by atoms with van der Waals surface area (Å²) in [6.07, 6.45) is 1.01. The maximum absolute atomic E-state index is 13.5. The van der Waals surface area contributed by atoms with Crippen molar-refractivity contribution in [3.63, 3.8) is 0 Å². The van der Waals surface area contributed by atoms with Crippen LogP contribution >= 0.6 is 11.6 Å². The van der Waals surface area contributed by atoms with Crippen molar-refractivity contribution in [3.05, 3.63) is 41.6 Å². The van der Waals surface area contributed by atoms with Crippen LogP contribution in [0.4, 0.5) is 15.9 Å². The summed E-state index contributed by atoms with van der Waals surface area (Å²) in [5.41, 5.74) is 0.619. The Hall–Kier alpha value is -1.88. The summed E-state index contributed by atoms with van der Waals surface area (Å²) in [7, 11) is 0. The van der Waals surface area contributed by atoms with E-state index in [0.717, 1.165) is 6.20 Å². The molecule has 1 aromatic carbocycles. The van der Waals surface area contributed by atoms with E-state index in [2.05, 4.69) is 15.3 Å². The highest BCUT2D eigenvalue weighted by atomic mass is 35.5. The molecule has 18 heavy (non-hydrogen) atoms. The van der Waals surface area contributed by atoms with Gasteiger partial charge in [0.1, 0.15) is 5.75 Å². The monoisotopic (exact) mass is 267 g/mol. The van der Waals surface area contributed by atoms with Crippen molar-refractivity contribution < 1.29 is 9.13 Å². The molecule has 6 heteroatoms. The molecule has 0 spiro atoms. The average molecular weight is 268 g/mol. The van der Waals surface area contributed by atoms with E-state index in [1.165, 1.54) is 0 Å². The van der Waals surface area contributed by atoms with Crippen molar-refractivity contribution in [2.24, 2.45) is 0 Å². The highest BCUT2D eigenvalue weighted by molar-refractivity contribution is 6.28. The van der Waals surface area contributed by atoms with Gasteiger partial charge in [0.25, 0.3) is 0 Å². The van der Waals surface area contributed by atoms with Gasteiger partial charge in [0.05, 0.1) is 18.5 Å². The zero-order chi connectivity index (χ0) is 13.0. The number of hydrogen-bond donors (Lipinski definition) is 1. The molecule has 0 amide bonds. The van der Waals surface area contributed by atoms with Crippen LogP contribution in [0.1, 0.15) is 6.92 Å². The molecule has 0 saturated carbocycles. The Morgan fingerprint density at radius 1 is 1.39 bits per heavy atom. The van der Waals surface area contributed by atoms with Gasteiger partial charge in [0, 0.05) is 0 Å². The largest absolute Gasteiger partial charge is 0.492 e. The molecule has 1 aromatic heterocycles. The fourth-order valence-electron chi connectivity index (χ4n) is 1.41. The Morgan fingerprint density at radius 2 is 2.17 bits per heavy atom. The molecule has 1 N–H and O–H groups in total. The Bertz CT molecular complexity index is 551. The minimum absolute atomic E-state index is 0.0159. The van der Waals surface area contributed by atoms with Gasteiger partial charge in [-0.15, -0.1) is 0 Å². The highest BCUT2D eigenvalue weighted by Gasteiger charge is 2.09. The average Bonchev–Trinajstić information content (AvgIpc) is 2.36. The summed E-state index contributed by atoms with van der Waals surface area (Å²) >= 11 is 5.62. The summed E-state index contributed by atoms with van der Waals surface area (Å²) in [5.74, 6) is 0.0574. The van der Waals surface area contributed by atoms with Crippen LogP contribution in [0.2, 0.25) is 5.28 Å². The molecule has 0 aliphatic carbocycles. The van der Waals surface area contributed by atoms with Gasteiger partial charge in [-0.25, -0.2) is 9.37 Å². The van der Waals surface area contributed by atoms with Gasteiger partial charge in [-0.05, 0) is 30.7 Å². The second-order valence-electron chi connectivity index (χ2n) is 3.39. The molecule has 1 heterocycles. The van der Waals surface area contributed by atoms with E-state index in [-0.39, 0.29) is 11.1 Å². The number of aromatic nitrogens is 2. The first-order chi connectivity index (χ1) is 8.70. The Labute approximate surface area is 109 Å². The molecule has 0 atom stereocenters. The van der Waals surface area contributed by atoms with Gasteiger partial charge in [0.15, 0.2) is 11.6 Å². The number of rotatable bonds is 4. The molecule has 94 valence electrons. The first-order valence-electron chi connectivity index (χ1n) is 5.37. The smallest absolute Gasteiger partial charge is 0.224 e. The summed E-state index contributed by atoms with van der Waals surface area (Å²) in [6, 6.07) is 7.19. The van der Waals surface area contributed by atoms with Crippen LogP contribution in [0.5, 0.6) is 5.75 Å². The maximum atomic E-state index is 13.5. The standard InChI is InChI=1S/C12H11ClFN3O/c1-2-18-10-6-4-3-5-9(10)16-11-8(14)7-15-12(13)17-11/h3-7H,2H2,1H3,(H,15,16,17). The quantitative estimate of drug-likeness (QED) is 0.863. The van der Waals surface area contributed by atoms with Gasteiger partial charge < -0.3 is 10.1 Å². The van der Waals surface area contributed by atoms with Crippen molar-refractivity contribution in [3.8, 4) is 5.75 Å². The lowest BCUT2D eigenvalue weighted by Gasteiger charge is -2.11. The van der Waals surface area contributed by atoms with Crippen LogP contribution in [-0.4, -0.2) is 16.6 Å². The van der Waals surface area contributed by atoms with Crippen LogP contribution in [0.25, 0.3) is 0 Å². The molecule has 2 rings (SSSR count). The van der Waals surface area contributed by atoms with E-state index < -0.39 is 5.82 Å². The van der Waals surface area contributed by atoms with Gasteiger partial charge in [-0.2, -0.15) is 4.98 Å². The first kappa shape index (κ1) is 12.6. The van der Waals surface area contributed by atoms with E-state index in [0.29, 0.717) is 18.0 Å². The SMILES string of the molecule is CCOc1ccccc1Nc1nc(Cl)ncc1F. The van der Waals surface area contributed by atoms with E-state index in [9.17, 15) is 4.39 Å². The lowest BCUT2D eigenvalue weighted by molar-refractivity contribution is 0.342. The molecule has 2 aromatic rings. The minimum atomic E-state index is -0.578. The lowest BCUT2D eigenvalue weighted by Crippen LogP contribution is -2.01. The van der Waals surface area contributed by atoms with E-state index in [1.807, 2.05) is 19.1 Å². The molecular formula is C12H11ClFN3O. The molecule has 0 fully saturated rings. The van der Waals surface area contributed by atoms with Gasteiger partial charge in [0.2, 0.25) is 5.28 Å². The van der Waals surface area contributed by atoms with E-state index in [1.54, 1.807) is 12.1 Å². The van der Waals surface area contributed by atoms with Gasteiger partial charge in [-0.1, -0.05) is 12.1 Å². The second kappa shape index (κ2) is 5.64.